The van der Waals surface area contributed by atoms with E-state index in [1.54, 1.807) is 19.9 Å². The van der Waals surface area contributed by atoms with Gasteiger partial charge in [0.15, 0.2) is 0 Å². The lowest BCUT2D eigenvalue weighted by molar-refractivity contribution is 0.618. The van der Waals surface area contributed by atoms with Crippen LogP contribution in [0.15, 0.2) is 12.1 Å². The molecular weight excluding hydrogens is 201 g/mol. The first-order valence-electron chi connectivity index (χ1n) is 4.23. The lowest BCUT2D eigenvalue weighted by Gasteiger charge is -2.00. The van der Waals surface area contributed by atoms with Gasteiger partial charge in [-0.3, -0.25) is 0 Å². The second-order valence-corrected chi connectivity index (χ2v) is 3.55. The fourth-order valence-electron chi connectivity index (χ4n) is 0.945. The molecule has 0 aliphatic carbocycles. The Morgan fingerprint density at radius 1 is 1.50 bits per heavy atom. The van der Waals surface area contributed by atoms with E-state index in [1.807, 2.05) is 0 Å². The van der Waals surface area contributed by atoms with E-state index >= 15 is 0 Å². The second kappa shape index (κ2) is 4.45. The van der Waals surface area contributed by atoms with Gasteiger partial charge in [0.25, 0.3) is 0 Å². The molecule has 0 amide bonds. The van der Waals surface area contributed by atoms with Gasteiger partial charge in [-0.1, -0.05) is 23.4 Å². The third-order valence-corrected chi connectivity index (χ3v) is 2.00. The summed E-state index contributed by atoms with van der Waals surface area (Å²) in [6.07, 6.45) is 0. The van der Waals surface area contributed by atoms with E-state index in [2.05, 4.69) is 11.8 Å². The smallest absolute Gasteiger partial charge is 0.127 e. The molecule has 1 nitrogen and oxygen atoms in total. The van der Waals surface area contributed by atoms with Crippen molar-refractivity contribution in [2.75, 3.05) is 0 Å². The van der Waals surface area contributed by atoms with Crippen molar-refractivity contribution < 1.29 is 4.39 Å². The highest BCUT2D eigenvalue weighted by Crippen LogP contribution is 2.19. The van der Waals surface area contributed by atoms with Gasteiger partial charge in [0, 0.05) is 5.56 Å². The van der Waals surface area contributed by atoms with Crippen LogP contribution in [0.5, 0.6) is 0 Å². The van der Waals surface area contributed by atoms with Crippen LogP contribution < -0.4 is 5.73 Å². The van der Waals surface area contributed by atoms with Gasteiger partial charge < -0.3 is 5.73 Å². The van der Waals surface area contributed by atoms with Gasteiger partial charge in [-0.15, -0.1) is 0 Å². The summed E-state index contributed by atoms with van der Waals surface area (Å²) in [5.41, 5.74) is 6.61. The van der Waals surface area contributed by atoms with Crippen molar-refractivity contribution in [1.82, 2.24) is 0 Å². The zero-order valence-corrected chi connectivity index (χ0v) is 8.82. The Morgan fingerprint density at radius 2 is 2.14 bits per heavy atom. The normalized spacial score (nSPS) is 11.8. The first-order chi connectivity index (χ1) is 6.50. The average molecular weight is 212 g/mol. The molecule has 3 heteroatoms. The summed E-state index contributed by atoms with van der Waals surface area (Å²) in [6.45, 7) is 3.44. The molecule has 0 aliphatic heterocycles. The summed E-state index contributed by atoms with van der Waals surface area (Å²) >= 11 is 5.80. The van der Waals surface area contributed by atoms with Crippen LogP contribution in [-0.2, 0) is 0 Å². The number of benzene rings is 1. The molecule has 0 saturated heterocycles. The Labute approximate surface area is 88.1 Å². The minimum absolute atomic E-state index is 0.212. The van der Waals surface area contributed by atoms with Crippen molar-refractivity contribution >= 4 is 11.6 Å². The summed E-state index contributed by atoms with van der Waals surface area (Å²) < 4.78 is 13.0. The van der Waals surface area contributed by atoms with Crippen LogP contribution in [0.25, 0.3) is 0 Å². The van der Waals surface area contributed by atoms with Gasteiger partial charge in [0.2, 0.25) is 0 Å². The number of halogens is 2. The highest BCUT2D eigenvalue weighted by molar-refractivity contribution is 6.31. The number of rotatable bonds is 0. The van der Waals surface area contributed by atoms with Crippen LogP contribution in [0.1, 0.15) is 18.1 Å². The largest absolute Gasteiger partial charge is 0.318 e. The van der Waals surface area contributed by atoms with Crippen LogP contribution >= 0.6 is 11.6 Å². The van der Waals surface area contributed by atoms with Crippen LogP contribution in [0.2, 0.25) is 5.02 Å². The van der Waals surface area contributed by atoms with E-state index < -0.39 is 0 Å². The quantitative estimate of drug-likeness (QED) is 0.656. The van der Waals surface area contributed by atoms with Gasteiger partial charge in [0.1, 0.15) is 5.82 Å². The van der Waals surface area contributed by atoms with E-state index in [0.717, 1.165) is 0 Å². The lowest BCUT2D eigenvalue weighted by Crippen LogP contribution is -2.10. The lowest BCUT2D eigenvalue weighted by atomic mass is 10.1. The van der Waals surface area contributed by atoms with Crippen LogP contribution in [0.3, 0.4) is 0 Å². The minimum Gasteiger partial charge on any atom is -0.318 e. The molecule has 0 saturated carbocycles. The van der Waals surface area contributed by atoms with Gasteiger partial charge >= 0.3 is 0 Å². The molecule has 1 aromatic carbocycles. The van der Waals surface area contributed by atoms with Gasteiger partial charge in [-0.25, -0.2) is 4.39 Å². The average Bonchev–Trinajstić information content (AvgIpc) is 2.09. The first-order valence-corrected chi connectivity index (χ1v) is 4.61. The third-order valence-electron chi connectivity index (χ3n) is 1.68. The Hall–Kier alpha value is -1.04. The van der Waals surface area contributed by atoms with Gasteiger partial charge in [-0.2, -0.15) is 0 Å². The predicted octanol–water partition coefficient (Wildman–Crippen LogP) is 2.49. The monoisotopic (exact) mass is 211 g/mol. The third kappa shape index (κ3) is 2.73. The number of nitrogens with two attached hydrogens (primary N) is 1. The SMILES string of the molecule is Cc1cc(C#CC(C)N)c(Cl)cc1F. The Kier molecular flexibility index (Phi) is 3.51. The van der Waals surface area contributed by atoms with E-state index in [-0.39, 0.29) is 11.9 Å². The van der Waals surface area contributed by atoms with Gasteiger partial charge in [-0.05, 0) is 31.5 Å². The number of hydrogen-bond donors (Lipinski definition) is 1. The molecule has 0 bridgehead atoms. The van der Waals surface area contributed by atoms with Crippen molar-refractivity contribution in [2.24, 2.45) is 5.73 Å². The number of aryl methyl sites for hydroxylation is 1. The first kappa shape index (κ1) is 11.0. The standard InChI is InChI=1S/C11H11ClFN/c1-7-5-9(4-3-8(2)14)10(12)6-11(7)13/h5-6,8H,14H2,1-2H3. The summed E-state index contributed by atoms with van der Waals surface area (Å²) in [7, 11) is 0. The van der Waals surface area contributed by atoms with Crippen molar-refractivity contribution in [3.05, 3.63) is 34.1 Å². The molecule has 1 aromatic rings. The van der Waals surface area contributed by atoms with E-state index in [1.165, 1.54) is 6.07 Å². The molecule has 14 heavy (non-hydrogen) atoms. The molecule has 0 fully saturated rings. The molecule has 0 heterocycles. The fraction of sp³-hybridized carbons (Fsp3) is 0.273. The van der Waals surface area contributed by atoms with Crippen molar-refractivity contribution in [2.45, 2.75) is 19.9 Å². The topological polar surface area (TPSA) is 26.0 Å². The van der Waals surface area contributed by atoms with Crippen molar-refractivity contribution in [3.63, 3.8) is 0 Å². The molecule has 1 rings (SSSR count). The molecule has 2 N–H and O–H groups in total. The second-order valence-electron chi connectivity index (χ2n) is 3.14. The molecule has 1 unspecified atom stereocenters. The maximum Gasteiger partial charge on any atom is 0.127 e. The number of hydrogen-bond acceptors (Lipinski definition) is 1. The molecule has 0 spiro atoms. The zero-order chi connectivity index (χ0) is 10.7. The molecule has 74 valence electrons. The Bertz CT molecular complexity index is 402. The van der Waals surface area contributed by atoms with Crippen LogP contribution in [-0.4, -0.2) is 6.04 Å². The van der Waals surface area contributed by atoms with Crippen LogP contribution in [0, 0.1) is 24.6 Å². The molecule has 1 atom stereocenters. The van der Waals surface area contributed by atoms with Crippen molar-refractivity contribution in [3.8, 4) is 11.8 Å². The molecule has 0 radical (unpaired) electrons. The molecular formula is C11H11ClFN. The van der Waals surface area contributed by atoms with Crippen LogP contribution in [0.4, 0.5) is 4.39 Å². The zero-order valence-electron chi connectivity index (χ0n) is 8.07. The fourth-order valence-corrected chi connectivity index (χ4v) is 1.14. The maximum absolute atomic E-state index is 13.0. The summed E-state index contributed by atoms with van der Waals surface area (Å²) in [5.74, 6) is 5.26. The van der Waals surface area contributed by atoms with E-state index in [4.69, 9.17) is 17.3 Å². The molecule has 0 aromatic heterocycles. The predicted molar refractivity (Wildman–Crippen MR) is 56.7 cm³/mol. The minimum atomic E-state index is -0.318. The van der Waals surface area contributed by atoms with Gasteiger partial charge in [0.05, 0.1) is 11.1 Å². The highest BCUT2D eigenvalue weighted by atomic mass is 35.5. The van der Waals surface area contributed by atoms with Crippen molar-refractivity contribution in [1.29, 1.82) is 0 Å². The summed E-state index contributed by atoms with van der Waals surface area (Å²) in [5, 5.41) is 0.321. The highest BCUT2D eigenvalue weighted by Gasteiger charge is 2.03. The Morgan fingerprint density at radius 3 is 2.71 bits per heavy atom. The Balaban J connectivity index is 3.12. The summed E-state index contributed by atoms with van der Waals surface area (Å²) in [6, 6.07) is 2.67. The maximum atomic E-state index is 13.0. The van der Waals surface area contributed by atoms with E-state index in [0.29, 0.717) is 16.1 Å². The summed E-state index contributed by atoms with van der Waals surface area (Å²) in [4.78, 5) is 0. The molecule has 0 aliphatic rings. The van der Waals surface area contributed by atoms with E-state index in [9.17, 15) is 4.39 Å².